The Hall–Kier alpha value is -2.57. The molecule has 19 heavy (non-hydrogen) atoms. The number of aliphatic carboxylic acids is 1. The number of nitrogens with zero attached hydrogens (tertiary/aromatic N) is 1. The minimum Gasteiger partial charge on any atom is -0.481 e. The van der Waals surface area contributed by atoms with Crippen molar-refractivity contribution in [2.75, 3.05) is 7.05 Å². The molecule has 0 fully saturated rings. The zero-order valence-electron chi connectivity index (χ0n) is 10.2. The number of urea groups is 1. The van der Waals surface area contributed by atoms with Crippen molar-refractivity contribution >= 4 is 17.7 Å². The fourth-order valence-corrected chi connectivity index (χ4v) is 1.77. The molecule has 0 aromatic heterocycles. The van der Waals surface area contributed by atoms with Crippen molar-refractivity contribution in [2.24, 2.45) is 11.1 Å². The van der Waals surface area contributed by atoms with Crippen LogP contribution in [0.2, 0.25) is 0 Å². The molecule has 1 aliphatic rings. The molecule has 0 saturated heterocycles. The van der Waals surface area contributed by atoms with Gasteiger partial charge in [-0.15, -0.1) is 0 Å². The summed E-state index contributed by atoms with van der Waals surface area (Å²) in [6.45, 7) is 0. The molecule has 0 saturated carbocycles. The standard InChI is InChI=1S/C12H13N3O4/c1-13-12(18)14-10-8(11(16)17)9(15-19-10)7-5-3-2-4-6-7/h2-6,8,10H,1H3,(H,16,17)(H2,13,14,18)/t8-,10+/m1/s1. The summed E-state index contributed by atoms with van der Waals surface area (Å²) in [5.41, 5.74) is 0.936. The number of hydrogen-bond donors (Lipinski definition) is 3. The van der Waals surface area contributed by atoms with Gasteiger partial charge >= 0.3 is 12.0 Å². The van der Waals surface area contributed by atoms with Gasteiger partial charge in [-0.25, -0.2) is 4.79 Å². The Morgan fingerprint density at radius 3 is 2.58 bits per heavy atom. The Bertz CT molecular complexity index is 515. The maximum atomic E-state index is 11.3. The van der Waals surface area contributed by atoms with E-state index in [2.05, 4.69) is 15.8 Å². The van der Waals surface area contributed by atoms with E-state index in [-0.39, 0.29) is 5.71 Å². The summed E-state index contributed by atoms with van der Waals surface area (Å²) < 4.78 is 0. The topological polar surface area (TPSA) is 100 Å². The van der Waals surface area contributed by atoms with Gasteiger partial charge in [0, 0.05) is 12.6 Å². The highest BCUT2D eigenvalue weighted by atomic mass is 16.7. The first-order valence-corrected chi connectivity index (χ1v) is 5.63. The van der Waals surface area contributed by atoms with Crippen LogP contribution in [0.5, 0.6) is 0 Å². The molecular weight excluding hydrogens is 250 g/mol. The van der Waals surface area contributed by atoms with Gasteiger partial charge in [0.25, 0.3) is 0 Å². The van der Waals surface area contributed by atoms with Gasteiger partial charge in [0.1, 0.15) is 5.71 Å². The molecule has 0 radical (unpaired) electrons. The van der Waals surface area contributed by atoms with Crippen LogP contribution in [0, 0.1) is 5.92 Å². The largest absolute Gasteiger partial charge is 0.481 e. The summed E-state index contributed by atoms with van der Waals surface area (Å²) in [5.74, 6) is -2.15. The average molecular weight is 263 g/mol. The predicted molar refractivity (Wildman–Crippen MR) is 66.6 cm³/mol. The van der Waals surface area contributed by atoms with Crippen LogP contribution in [0.1, 0.15) is 5.56 Å². The average Bonchev–Trinajstić information content (AvgIpc) is 2.83. The molecule has 0 bridgehead atoms. The van der Waals surface area contributed by atoms with E-state index >= 15 is 0 Å². The number of nitrogens with one attached hydrogen (secondary N) is 2. The smallest absolute Gasteiger partial charge is 0.318 e. The van der Waals surface area contributed by atoms with Crippen molar-refractivity contribution in [1.82, 2.24) is 10.6 Å². The van der Waals surface area contributed by atoms with Gasteiger partial charge < -0.3 is 15.3 Å². The molecule has 1 aromatic carbocycles. The lowest BCUT2D eigenvalue weighted by Crippen LogP contribution is -2.47. The number of carboxylic acid groups (broad SMARTS) is 1. The van der Waals surface area contributed by atoms with Gasteiger partial charge in [-0.05, 0) is 0 Å². The van der Waals surface area contributed by atoms with Gasteiger partial charge in [0.15, 0.2) is 5.92 Å². The number of carbonyl (C=O) groups excluding carboxylic acids is 1. The fourth-order valence-electron chi connectivity index (χ4n) is 1.77. The number of amides is 2. The zero-order chi connectivity index (χ0) is 13.8. The first kappa shape index (κ1) is 12.9. The molecule has 0 unspecified atom stereocenters. The molecule has 0 aliphatic carbocycles. The molecule has 2 amide bonds. The van der Waals surface area contributed by atoms with Gasteiger partial charge in [-0.1, -0.05) is 35.5 Å². The summed E-state index contributed by atoms with van der Waals surface area (Å²) in [4.78, 5) is 27.6. The molecule has 0 spiro atoms. The number of hydrogen-bond acceptors (Lipinski definition) is 4. The summed E-state index contributed by atoms with van der Waals surface area (Å²) in [6, 6.07) is 8.31. The van der Waals surface area contributed by atoms with Crippen LogP contribution in [-0.4, -0.2) is 36.1 Å². The van der Waals surface area contributed by atoms with Crippen molar-refractivity contribution in [3.63, 3.8) is 0 Å². The highest BCUT2D eigenvalue weighted by Crippen LogP contribution is 2.22. The van der Waals surface area contributed by atoms with Gasteiger partial charge in [0.05, 0.1) is 0 Å². The zero-order valence-corrected chi connectivity index (χ0v) is 10.2. The minimum absolute atomic E-state index is 0.287. The fraction of sp³-hybridized carbons (Fsp3) is 0.250. The van der Waals surface area contributed by atoms with E-state index in [1.807, 2.05) is 6.07 Å². The lowest BCUT2D eigenvalue weighted by Gasteiger charge is -2.16. The number of carboxylic acids is 1. The van der Waals surface area contributed by atoms with Gasteiger partial charge in [-0.3, -0.25) is 10.1 Å². The Kier molecular flexibility index (Phi) is 3.65. The third kappa shape index (κ3) is 2.65. The molecule has 7 nitrogen and oxygen atoms in total. The van der Waals surface area contributed by atoms with Crippen molar-refractivity contribution in [3.8, 4) is 0 Å². The van der Waals surface area contributed by atoms with E-state index in [4.69, 9.17) is 4.84 Å². The number of rotatable bonds is 3. The summed E-state index contributed by atoms with van der Waals surface area (Å²) in [7, 11) is 1.43. The third-order valence-electron chi connectivity index (χ3n) is 2.70. The van der Waals surface area contributed by atoms with Crippen LogP contribution >= 0.6 is 0 Å². The van der Waals surface area contributed by atoms with Crippen LogP contribution in [0.25, 0.3) is 0 Å². The predicted octanol–water partition coefficient (Wildman–Crippen LogP) is 0.377. The lowest BCUT2D eigenvalue weighted by atomic mass is 9.96. The van der Waals surface area contributed by atoms with Crippen LogP contribution in [0.3, 0.4) is 0 Å². The van der Waals surface area contributed by atoms with Crippen molar-refractivity contribution in [2.45, 2.75) is 6.23 Å². The second-order valence-corrected chi connectivity index (χ2v) is 3.91. The molecule has 1 aliphatic heterocycles. The maximum absolute atomic E-state index is 11.3. The number of carbonyl (C=O) groups is 2. The van der Waals surface area contributed by atoms with Crippen LogP contribution < -0.4 is 10.6 Å². The summed E-state index contributed by atoms with van der Waals surface area (Å²) in [6.07, 6.45) is -1.02. The third-order valence-corrected chi connectivity index (χ3v) is 2.70. The normalized spacial score (nSPS) is 21.2. The van der Waals surface area contributed by atoms with Crippen molar-refractivity contribution in [1.29, 1.82) is 0 Å². The van der Waals surface area contributed by atoms with Crippen molar-refractivity contribution in [3.05, 3.63) is 35.9 Å². The molecular formula is C12H13N3O4. The molecule has 3 N–H and O–H groups in total. The first-order chi connectivity index (χ1) is 9.13. The van der Waals surface area contributed by atoms with E-state index in [0.717, 1.165) is 0 Å². The van der Waals surface area contributed by atoms with E-state index in [1.165, 1.54) is 7.05 Å². The molecule has 1 heterocycles. The SMILES string of the molecule is CNC(=O)N[C@H]1ON=C(c2ccccc2)[C@H]1C(=O)O. The van der Waals surface area contributed by atoms with Crippen LogP contribution in [0.4, 0.5) is 4.79 Å². The summed E-state index contributed by atoms with van der Waals surface area (Å²) >= 11 is 0. The van der Waals surface area contributed by atoms with Crippen molar-refractivity contribution < 1.29 is 19.5 Å². The Morgan fingerprint density at radius 2 is 2.00 bits per heavy atom. The van der Waals surface area contributed by atoms with Crippen LogP contribution in [-0.2, 0) is 9.63 Å². The highest BCUT2D eigenvalue weighted by molar-refractivity contribution is 6.12. The van der Waals surface area contributed by atoms with E-state index in [1.54, 1.807) is 24.3 Å². The quantitative estimate of drug-likeness (QED) is 0.733. The number of benzene rings is 1. The maximum Gasteiger partial charge on any atom is 0.318 e. The number of oxime groups is 1. The molecule has 2 atom stereocenters. The van der Waals surface area contributed by atoms with E-state index in [0.29, 0.717) is 5.56 Å². The monoisotopic (exact) mass is 263 g/mol. The Balaban J connectivity index is 2.22. The Morgan fingerprint density at radius 1 is 1.32 bits per heavy atom. The molecule has 7 heteroatoms. The molecule has 1 aromatic rings. The Labute approximate surface area is 109 Å². The first-order valence-electron chi connectivity index (χ1n) is 5.63. The second kappa shape index (κ2) is 5.38. The molecule has 2 rings (SSSR count). The van der Waals surface area contributed by atoms with Gasteiger partial charge in [0.2, 0.25) is 6.23 Å². The highest BCUT2D eigenvalue weighted by Gasteiger charge is 2.41. The van der Waals surface area contributed by atoms with E-state index < -0.39 is 24.1 Å². The van der Waals surface area contributed by atoms with Crippen LogP contribution in [0.15, 0.2) is 35.5 Å². The van der Waals surface area contributed by atoms with E-state index in [9.17, 15) is 14.7 Å². The summed E-state index contributed by atoms with van der Waals surface area (Å²) in [5, 5.41) is 17.8. The molecule has 100 valence electrons. The second-order valence-electron chi connectivity index (χ2n) is 3.91. The minimum atomic E-state index is -1.11. The van der Waals surface area contributed by atoms with Gasteiger partial charge in [-0.2, -0.15) is 0 Å². The lowest BCUT2D eigenvalue weighted by molar-refractivity contribution is -0.142.